The second-order valence-corrected chi connectivity index (χ2v) is 6.93. The van der Waals surface area contributed by atoms with Gasteiger partial charge in [-0.05, 0) is 35.9 Å². The van der Waals surface area contributed by atoms with Crippen LogP contribution in [0.3, 0.4) is 0 Å². The Hall–Kier alpha value is -4.20. The SMILES string of the molecule is COc1cc(C(=O)NNC(=O)c2cccc(OCCc3ccccc3)c2)cc(OC)c1OC. The molecule has 0 saturated heterocycles. The van der Waals surface area contributed by atoms with Crippen molar-refractivity contribution in [1.82, 2.24) is 10.9 Å². The van der Waals surface area contributed by atoms with E-state index in [1.165, 1.54) is 39.0 Å². The quantitative estimate of drug-likeness (QED) is 0.485. The molecule has 0 fully saturated rings. The minimum absolute atomic E-state index is 0.225. The smallest absolute Gasteiger partial charge is 0.269 e. The van der Waals surface area contributed by atoms with Crippen LogP contribution in [-0.4, -0.2) is 39.8 Å². The van der Waals surface area contributed by atoms with Crippen LogP contribution in [0.4, 0.5) is 0 Å². The van der Waals surface area contributed by atoms with Crippen molar-refractivity contribution in [2.75, 3.05) is 27.9 Å². The number of ether oxygens (including phenoxy) is 4. The first-order valence-electron chi connectivity index (χ1n) is 10.2. The lowest BCUT2D eigenvalue weighted by Crippen LogP contribution is -2.41. The van der Waals surface area contributed by atoms with Crippen molar-refractivity contribution < 1.29 is 28.5 Å². The Morgan fingerprint density at radius 3 is 1.97 bits per heavy atom. The van der Waals surface area contributed by atoms with Crippen molar-refractivity contribution in [3.05, 3.63) is 83.4 Å². The van der Waals surface area contributed by atoms with E-state index >= 15 is 0 Å². The molecule has 0 atom stereocenters. The molecule has 0 saturated carbocycles. The van der Waals surface area contributed by atoms with Crippen LogP contribution < -0.4 is 29.8 Å². The molecule has 2 N–H and O–H groups in total. The molecule has 3 aromatic carbocycles. The third-order valence-corrected chi connectivity index (χ3v) is 4.81. The van der Waals surface area contributed by atoms with Crippen molar-refractivity contribution in [2.45, 2.75) is 6.42 Å². The number of carbonyl (C=O) groups is 2. The van der Waals surface area contributed by atoms with E-state index in [2.05, 4.69) is 10.9 Å². The number of amides is 2. The molecular formula is C25H26N2O6. The maximum absolute atomic E-state index is 12.6. The first-order chi connectivity index (χ1) is 16.0. The number of nitrogens with one attached hydrogen (secondary N) is 2. The molecule has 0 radical (unpaired) electrons. The number of hydrogen-bond donors (Lipinski definition) is 2. The molecule has 2 amide bonds. The Morgan fingerprint density at radius 2 is 1.36 bits per heavy atom. The van der Waals surface area contributed by atoms with Gasteiger partial charge < -0.3 is 18.9 Å². The van der Waals surface area contributed by atoms with Gasteiger partial charge in [-0.25, -0.2) is 0 Å². The van der Waals surface area contributed by atoms with Crippen LogP contribution in [0.15, 0.2) is 66.7 Å². The molecule has 0 heterocycles. The summed E-state index contributed by atoms with van der Waals surface area (Å²) < 4.78 is 21.5. The molecular weight excluding hydrogens is 424 g/mol. The van der Waals surface area contributed by atoms with E-state index in [0.717, 1.165) is 6.42 Å². The Bertz CT molecular complexity index is 1080. The van der Waals surface area contributed by atoms with Crippen LogP contribution in [0.5, 0.6) is 23.0 Å². The number of benzene rings is 3. The summed E-state index contributed by atoms with van der Waals surface area (Å²) in [6.45, 7) is 0.479. The summed E-state index contributed by atoms with van der Waals surface area (Å²) in [5.41, 5.74) is 6.53. The van der Waals surface area contributed by atoms with Crippen molar-refractivity contribution in [1.29, 1.82) is 0 Å². The maximum Gasteiger partial charge on any atom is 0.269 e. The summed E-state index contributed by atoms with van der Waals surface area (Å²) in [6.07, 6.45) is 0.752. The summed E-state index contributed by atoms with van der Waals surface area (Å²) in [6, 6.07) is 19.7. The number of hydrazine groups is 1. The standard InChI is InChI=1S/C25H26N2O6/c1-30-21-15-19(16-22(31-2)23(21)32-3)25(29)27-26-24(28)18-10-7-11-20(14-18)33-13-12-17-8-5-4-6-9-17/h4-11,14-16H,12-13H2,1-3H3,(H,26,28)(H,27,29). The van der Waals surface area contributed by atoms with E-state index < -0.39 is 11.8 Å². The second-order valence-electron chi connectivity index (χ2n) is 6.93. The fraction of sp³-hybridized carbons (Fsp3) is 0.200. The van der Waals surface area contributed by atoms with Gasteiger partial charge >= 0.3 is 0 Å². The van der Waals surface area contributed by atoms with Crippen molar-refractivity contribution in [3.8, 4) is 23.0 Å². The summed E-state index contributed by atoms with van der Waals surface area (Å²) in [7, 11) is 4.38. The molecule has 172 valence electrons. The Balaban J connectivity index is 1.59. The van der Waals surface area contributed by atoms with Gasteiger partial charge in [0.25, 0.3) is 11.8 Å². The van der Waals surface area contributed by atoms with Crippen molar-refractivity contribution in [2.24, 2.45) is 0 Å². The summed E-state index contributed by atoms with van der Waals surface area (Å²) in [5.74, 6) is 0.559. The van der Waals surface area contributed by atoms with E-state index in [9.17, 15) is 9.59 Å². The van der Waals surface area contributed by atoms with E-state index in [-0.39, 0.29) is 5.56 Å². The summed E-state index contributed by atoms with van der Waals surface area (Å²) in [5, 5.41) is 0. The lowest BCUT2D eigenvalue weighted by Gasteiger charge is -2.14. The highest BCUT2D eigenvalue weighted by atomic mass is 16.5. The molecule has 0 aliphatic heterocycles. The Labute approximate surface area is 192 Å². The predicted molar refractivity (Wildman–Crippen MR) is 123 cm³/mol. The van der Waals surface area contributed by atoms with Crippen LogP contribution in [0.1, 0.15) is 26.3 Å². The fourth-order valence-corrected chi connectivity index (χ4v) is 3.13. The minimum Gasteiger partial charge on any atom is -0.493 e. The molecule has 0 aromatic heterocycles. The fourth-order valence-electron chi connectivity index (χ4n) is 3.13. The van der Waals surface area contributed by atoms with Crippen LogP contribution in [0, 0.1) is 0 Å². The molecule has 8 nitrogen and oxygen atoms in total. The molecule has 3 aromatic rings. The number of methoxy groups -OCH3 is 3. The van der Waals surface area contributed by atoms with Gasteiger partial charge in [-0.3, -0.25) is 20.4 Å². The molecule has 33 heavy (non-hydrogen) atoms. The highest BCUT2D eigenvalue weighted by Crippen LogP contribution is 2.38. The minimum atomic E-state index is -0.544. The average molecular weight is 450 g/mol. The van der Waals surface area contributed by atoms with Gasteiger partial charge in [-0.15, -0.1) is 0 Å². The van der Waals surface area contributed by atoms with Crippen LogP contribution in [-0.2, 0) is 6.42 Å². The zero-order valence-electron chi connectivity index (χ0n) is 18.7. The molecule has 3 rings (SSSR count). The molecule has 0 aliphatic rings. The zero-order valence-corrected chi connectivity index (χ0v) is 18.7. The van der Waals surface area contributed by atoms with Gasteiger partial charge in [-0.1, -0.05) is 36.4 Å². The molecule has 0 spiro atoms. The Morgan fingerprint density at radius 1 is 0.727 bits per heavy atom. The largest absolute Gasteiger partial charge is 0.493 e. The van der Waals surface area contributed by atoms with Crippen LogP contribution >= 0.6 is 0 Å². The second kappa shape index (κ2) is 11.4. The first kappa shape index (κ1) is 23.5. The van der Waals surface area contributed by atoms with Crippen LogP contribution in [0.2, 0.25) is 0 Å². The third kappa shape index (κ3) is 6.16. The molecule has 0 bridgehead atoms. The molecule has 0 aliphatic carbocycles. The number of carbonyl (C=O) groups excluding carboxylic acids is 2. The van der Waals surface area contributed by atoms with Gasteiger partial charge in [0.1, 0.15) is 5.75 Å². The number of hydrogen-bond acceptors (Lipinski definition) is 6. The third-order valence-electron chi connectivity index (χ3n) is 4.81. The lowest BCUT2D eigenvalue weighted by atomic mass is 10.1. The lowest BCUT2D eigenvalue weighted by molar-refractivity contribution is 0.0846. The zero-order chi connectivity index (χ0) is 23.6. The maximum atomic E-state index is 12.6. The highest BCUT2D eigenvalue weighted by Gasteiger charge is 2.17. The predicted octanol–water partition coefficient (Wildman–Crippen LogP) is 3.41. The highest BCUT2D eigenvalue weighted by molar-refractivity contribution is 5.99. The average Bonchev–Trinajstić information content (AvgIpc) is 2.86. The van der Waals surface area contributed by atoms with Gasteiger partial charge in [0, 0.05) is 17.5 Å². The monoisotopic (exact) mass is 450 g/mol. The molecule has 8 heteroatoms. The first-order valence-corrected chi connectivity index (χ1v) is 10.2. The van der Waals surface area contributed by atoms with Gasteiger partial charge in [-0.2, -0.15) is 0 Å². The van der Waals surface area contributed by atoms with E-state index in [4.69, 9.17) is 18.9 Å². The summed E-state index contributed by atoms with van der Waals surface area (Å²) >= 11 is 0. The van der Waals surface area contributed by atoms with E-state index in [0.29, 0.717) is 35.2 Å². The normalized spacial score (nSPS) is 10.2. The van der Waals surface area contributed by atoms with Gasteiger partial charge in [0.2, 0.25) is 5.75 Å². The van der Waals surface area contributed by atoms with Crippen LogP contribution in [0.25, 0.3) is 0 Å². The van der Waals surface area contributed by atoms with E-state index in [1.807, 2.05) is 30.3 Å². The van der Waals surface area contributed by atoms with Gasteiger partial charge in [0.05, 0.1) is 27.9 Å². The summed E-state index contributed by atoms with van der Waals surface area (Å²) in [4.78, 5) is 25.1. The van der Waals surface area contributed by atoms with Crippen molar-refractivity contribution >= 4 is 11.8 Å². The van der Waals surface area contributed by atoms with E-state index in [1.54, 1.807) is 24.3 Å². The number of rotatable bonds is 9. The Kier molecular flexibility index (Phi) is 8.13. The van der Waals surface area contributed by atoms with Gasteiger partial charge in [0.15, 0.2) is 11.5 Å². The topological polar surface area (TPSA) is 95.1 Å². The van der Waals surface area contributed by atoms with Crippen molar-refractivity contribution in [3.63, 3.8) is 0 Å². The molecule has 0 unspecified atom stereocenters.